The van der Waals surface area contributed by atoms with Gasteiger partial charge in [0.05, 0.1) is 54.9 Å². The minimum Gasteiger partial charge on any atom is -1.00 e. The van der Waals surface area contributed by atoms with Gasteiger partial charge in [-0.2, -0.15) is 0 Å². The summed E-state index contributed by atoms with van der Waals surface area (Å²) in [6.45, 7) is 10.8. The van der Waals surface area contributed by atoms with Crippen LogP contribution in [0.5, 0.6) is 0 Å². The Morgan fingerprint density at radius 1 is 0.293 bits per heavy atom. The van der Waals surface area contributed by atoms with Crippen molar-refractivity contribution < 1.29 is 42.9 Å². The van der Waals surface area contributed by atoms with Crippen LogP contribution in [-0.4, -0.2) is 63.8 Å². The van der Waals surface area contributed by atoms with Gasteiger partial charge in [-0.1, -0.05) is 155 Å². The SMILES string of the molecule is CCCCCCCCCCCCCCCC[N+](C)(C)CC.CCCCCCCCCCCCCC[N+](C)(C)C.[Br-].[Br-]. The van der Waals surface area contributed by atoms with Crippen LogP contribution in [0.2, 0.25) is 0 Å². The lowest BCUT2D eigenvalue weighted by Crippen LogP contribution is -3.00. The molecule has 0 radical (unpaired) electrons. The van der Waals surface area contributed by atoms with Gasteiger partial charge in [0.15, 0.2) is 0 Å². The van der Waals surface area contributed by atoms with Gasteiger partial charge in [-0.15, -0.1) is 0 Å². The Morgan fingerprint density at radius 2 is 0.512 bits per heavy atom. The number of hydrogen-bond acceptors (Lipinski definition) is 0. The molecule has 254 valence electrons. The van der Waals surface area contributed by atoms with E-state index in [-0.39, 0.29) is 34.0 Å². The third-order valence-corrected chi connectivity index (χ3v) is 8.66. The third kappa shape index (κ3) is 48.0. The molecule has 2 nitrogen and oxygen atoms in total. The quantitative estimate of drug-likeness (QED) is 0.0663. The first-order chi connectivity index (χ1) is 18.7. The molecule has 0 aromatic rings. The van der Waals surface area contributed by atoms with Gasteiger partial charge in [0.1, 0.15) is 0 Å². The number of hydrogen-bond donors (Lipinski definition) is 0. The number of quaternary nitrogens is 2. The lowest BCUT2D eigenvalue weighted by molar-refractivity contribution is -0.888. The van der Waals surface area contributed by atoms with Crippen LogP contribution in [0, 0.1) is 0 Å². The highest BCUT2D eigenvalue weighted by molar-refractivity contribution is 4.50. The Hall–Kier alpha value is 0.880. The summed E-state index contributed by atoms with van der Waals surface area (Å²) >= 11 is 0. The van der Waals surface area contributed by atoms with E-state index in [9.17, 15) is 0 Å². The molecule has 0 heterocycles. The second kappa shape index (κ2) is 37.1. The summed E-state index contributed by atoms with van der Waals surface area (Å²) in [5.74, 6) is 0. The van der Waals surface area contributed by atoms with Crippen molar-refractivity contribution in [2.75, 3.05) is 54.9 Å². The molecule has 4 heteroatoms. The lowest BCUT2D eigenvalue weighted by atomic mass is 10.0. The van der Waals surface area contributed by atoms with Gasteiger partial charge in [0, 0.05) is 0 Å². The molecule has 0 unspecified atom stereocenters. The van der Waals surface area contributed by atoms with Crippen LogP contribution >= 0.6 is 0 Å². The summed E-state index contributed by atoms with van der Waals surface area (Å²) in [6.07, 6.45) is 37.8. The van der Waals surface area contributed by atoms with Gasteiger partial charge in [-0.3, -0.25) is 0 Å². The molecule has 0 fully saturated rings. The summed E-state index contributed by atoms with van der Waals surface area (Å²) < 4.78 is 2.32. The molecular formula is C37H82Br2N2. The maximum atomic E-state index is 2.35. The molecule has 0 aromatic heterocycles. The molecule has 0 saturated heterocycles. The lowest BCUT2D eigenvalue weighted by Gasteiger charge is -2.28. The van der Waals surface area contributed by atoms with Crippen LogP contribution in [0.15, 0.2) is 0 Å². The minimum absolute atomic E-state index is 0. The highest BCUT2D eigenvalue weighted by Gasteiger charge is 2.10. The van der Waals surface area contributed by atoms with Crippen molar-refractivity contribution in [1.82, 2.24) is 0 Å². The zero-order valence-electron chi connectivity index (χ0n) is 30.2. The summed E-state index contributed by atoms with van der Waals surface area (Å²) in [7, 11) is 11.6. The molecule has 0 aromatic carbocycles. The van der Waals surface area contributed by atoms with Gasteiger partial charge in [-0.25, -0.2) is 0 Å². The largest absolute Gasteiger partial charge is 1.00 e. The van der Waals surface area contributed by atoms with E-state index in [4.69, 9.17) is 0 Å². The van der Waals surface area contributed by atoms with Crippen molar-refractivity contribution in [3.63, 3.8) is 0 Å². The fourth-order valence-electron chi connectivity index (χ4n) is 5.32. The van der Waals surface area contributed by atoms with Gasteiger partial charge in [0.25, 0.3) is 0 Å². The predicted molar refractivity (Wildman–Crippen MR) is 182 cm³/mol. The highest BCUT2D eigenvalue weighted by atomic mass is 79.9. The van der Waals surface area contributed by atoms with Crippen molar-refractivity contribution in [2.24, 2.45) is 0 Å². The van der Waals surface area contributed by atoms with Crippen molar-refractivity contribution in [3.05, 3.63) is 0 Å². The summed E-state index contributed by atoms with van der Waals surface area (Å²) in [4.78, 5) is 0. The van der Waals surface area contributed by atoms with Crippen molar-refractivity contribution >= 4 is 0 Å². The van der Waals surface area contributed by atoms with Crippen LogP contribution in [0.3, 0.4) is 0 Å². The van der Waals surface area contributed by atoms with E-state index in [0.717, 1.165) is 4.48 Å². The van der Waals surface area contributed by atoms with Crippen molar-refractivity contribution in [3.8, 4) is 0 Å². The Kier molecular flexibility index (Phi) is 44.1. The molecule has 0 atom stereocenters. The van der Waals surface area contributed by atoms with E-state index in [1.165, 1.54) is 191 Å². The maximum Gasteiger partial charge on any atom is 0.0782 e. The fraction of sp³-hybridized carbons (Fsp3) is 1.00. The summed E-state index contributed by atoms with van der Waals surface area (Å²) in [5, 5.41) is 0. The molecule has 0 spiro atoms. The van der Waals surface area contributed by atoms with E-state index in [0.29, 0.717) is 0 Å². The molecule has 0 amide bonds. The Labute approximate surface area is 284 Å². The fourth-order valence-corrected chi connectivity index (χ4v) is 5.32. The van der Waals surface area contributed by atoms with Crippen molar-refractivity contribution in [1.29, 1.82) is 0 Å². The highest BCUT2D eigenvalue weighted by Crippen LogP contribution is 2.14. The number of nitrogens with zero attached hydrogens (tertiary/aromatic N) is 2. The standard InChI is InChI=1S/C20H44N.C17H38N.2BrH/c1-5-7-8-9-10-11-12-13-14-15-16-17-18-19-20-21(3,4)6-2;1-5-6-7-8-9-10-11-12-13-14-15-16-17-18(2,3)4;;/h5-20H2,1-4H3;5-17H2,1-4H3;2*1H/q2*+1;;/p-2. The van der Waals surface area contributed by atoms with E-state index < -0.39 is 0 Å². The van der Waals surface area contributed by atoms with Gasteiger partial charge in [0.2, 0.25) is 0 Å². The Balaban J connectivity index is -0.000000322. The van der Waals surface area contributed by atoms with Crippen molar-refractivity contribution in [2.45, 2.75) is 188 Å². The van der Waals surface area contributed by atoms with E-state index in [1.807, 2.05) is 0 Å². The second-order valence-corrected chi connectivity index (χ2v) is 14.5. The van der Waals surface area contributed by atoms with E-state index in [2.05, 4.69) is 56.0 Å². The second-order valence-electron chi connectivity index (χ2n) is 14.5. The Morgan fingerprint density at radius 3 is 0.732 bits per heavy atom. The monoisotopic (exact) mass is 712 g/mol. The first-order valence-electron chi connectivity index (χ1n) is 18.3. The molecule has 41 heavy (non-hydrogen) atoms. The van der Waals surface area contributed by atoms with Gasteiger partial charge >= 0.3 is 0 Å². The zero-order chi connectivity index (χ0) is 29.5. The third-order valence-electron chi connectivity index (χ3n) is 8.66. The van der Waals surface area contributed by atoms with E-state index in [1.54, 1.807) is 0 Å². The maximum absolute atomic E-state index is 2.35. The number of rotatable bonds is 29. The summed E-state index contributed by atoms with van der Waals surface area (Å²) in [5.41, 5.74) is 0. The smallest absolute Gasteiger partial charge is 0.0782 e. The number of unbranched alkanes of at least 4 members (excludes halogenated alkanes) is 24. The van der Waals surface area contributed by atoms with Crippen LogP contribution in [0.25, 0.3) is 0 Å². The van der Waals surface area contributed by atoms with Gasteiger partial charge in [-0.05, 0) is 32.6 Å². The summed E-state index contributed by atoms with van der Waals surface area (Å²) in [6, 6.07) is 0. The average Bonchev–Trinajstić information content (AvgIpc) is 2.89. The number of halogens is 2. The molecule has 0 rings (SSSR count). The van der Waals surface area contributed by atoms with Crippen LogP contribution in [-0.2, 0) is 0 Å². The van der Waals surface area contributed by atoms with Gasteiger partial charge < -0.3 is 42.9 Å². The molecule has 0 aliphatic rings. The molecule has 0 aliphatic heterocycles. The Bertz CT molecular complexity index is 449. The first kappa shape index (κ1) is 48.8. The van der Waals surface area contributed by atoms with Crippen LogP contribution in [0.4, 0.5) is 0 Å². The molecule has 0 bridgehead atoms. The van der Waals surface area contributed by atoms with Crippen LogP contribution < -0.4 is 34.0 Å². The topological polar surface area (TPSA) is 0 Å². The zero-order valence-corrected chi connectivity index (χ0v) is 33.3. The predicted octanol–water partition coefficient (Wildman–Crippen LogP) is 5.97. The van der Waals surface area contributed by atoms with E-state index >= 15 is 0 Å². The molecular weight excluding hydrogens is 632 g/mol. The normalized spacial score (nSPS) is 11.4. The minimum atomic E-state index is 0. The van der Waals surface area contributed by atoms with Crippen LogP contribution in [0.1, 0.15) is 188 Å². The molecule has 0 aliphatic carbocycles. The first-order valence-corrected chi connectivity index (χ1v) is 18.3. The molecule has 0 N–H and O–H groups in total. The molecule has 0 saturated carbocycles. The average molecular weight is 715 g/mol.